The summed E-state index contributed by atoms with van der Waals surface area (Å²) in [6, 6.07) is 7.95. The summed E-state index contributed by atoms with van der Waals surface area (Å²) in [4.78, 5) is 4.31. The van der Waals surface area contributed by atoms with Crippen LogP contribution in [0.3, 0.4) is 0 Å². The van der Waals surface area contributed by atoms with E-state index < -0.39 is 0 Å². The van der Waals surface area contributed by atoms with Gasteiger partial charge in [0.15, 0.2) is 5.96 Å². The fraction of sp³-hybridized carbons (Fsp3) is 0.474. The van der Waals surface area contributed by atoms with Gasteiger partial charge in [-0.05, 0) is 37.0 Å². The van der Waals surface area contributed by atoms with Gasteiger partial charge in [0.05, 0.1) is 5.69 Å². The Bertz CT molecular complexity index is 721. The Balaban J connectivity index is 1.90. The maximum Gasteiger partial charge on any atom is 0.191 e. The van der Waals surface area contributed by atoms with Crippen LogP contribution in [0.4, 0.5) is 0 Å². The van der Waals surface area contributed by atoms with Crippen molar-refractivity contribution >= 4 is 17.6 Å². The third kappa shape index (κ3) is 5.23. The highest BCUT2D eigenvalue weighted by Gasteiger charge is 2.13. The largest absolute Gasteiger partial charge is 0.356 e. The van der Waals surface area contributed by atoms with Crippen LogP contribution in [0.2, 0.25) is 5.02 Å². The first-order chi connectivity index (χ1) is 12.1. The first kappa shape index (κ1) is 19.3. The van der Waals surface area contributed by atoms with Crippen LogP contribution in [-0.4, -0.2) is 29.3 Å². The number of aryl methyl sites for hydroxylation is 2. The predicted molar refractivity (Wildman–Crippen MR) is 105 cm³/mol. The molecule has 2 aromatic rings. The number of nitrogens with one attached hydrogen (secondary N) is 2. The van der Waals surface area contributed by atoms with Gasteiger partial charge in [-0.1, -0.05) is 37.6 Å². The number of aromatic nitrogens is 2. The highest BCUT2D eigenvalue weighted by atomic mass is 35.5. The molecule has 25 heavy (non-hydrogen) atoms. The molecule has 0 aliphatic rings. The van der Waals surface area contributed by atoms with Crippen LogP contribution < -0.4 is 10.6 Å². The number of guanidine groups is 1. The summed E-state index contributed by atoms with van der Waals surface area (Å²) >= 11 is 6.03. The molecule has 0 fully saturated rings. The lowest BCUT2D eigenvalue weighted by molar-refractivity contribution is 0.702. The number of hydrogen-bond acceptors (Lipinski definition) is 2. The Morgan fingerprint density at radius 3 is 2.68 bits per heavy atom. The highest BCUT2D eigenvalue weighted by molar-refractivity contribution is 6.30. The molecule has 0 amide bonds. The number of rotatable bonds is 7. The van der Waals surface area contributed by atoms with E-state index in [1.165, 1.54) is 16.8 Å². The standard InChI is InChI=1S/C19H28ClN5/c1-5-17-16(18(6-2)25(4)24-17)13-23-19(21-3)22-11-10-14-8-7-9-15(20)12-14/h7-9,12H,5-6,10-11,13H2,1-4H3,(H2,21,22,23). The van der Waals surface area contributed by atoms with Gasteiger partial charge in [-0.25, -0.2) is 0 Å². The molecule has 0 spiro atoms. The summed E-state index contributed by atoms with van der Waals surface area (Å²) in [5.41, 5.74) is 4.93. The lowest BCUT2D eigenvalue weighted by Crippen LogP contribution is -2.38. The molecule has 6 heteroatoms. The molecule has 5 nitrogen and oxygen atoms in total. The van der Waals surface area contributed by atoms with Crippen LogP contribution >= 0.6 is 11.6 Å². The van der Waals surface area contributed by atoms with Crippen LogP contribution in [0.15, 0.2) is 29.3 Å². The molecule has 0 saturated heterocycles. The molecule has 2 rings (SSSR count). The number of nitrogens with zero attached hydrogens (tertiary/aromatic N) is 3. The van der Waals surface area contributed by atoms with Gasteiger partial charge in [0.25, 0.3) is 0 Å². The van der Waals surface area contributed by atoms with Crippen LogP contribution in [0.25, 0.3) is 0 Å². The quantitative estimate of drug-likeness (QED) is 0.588. The minimum absolute atomic E-state index is 0.733. The van der Waals surface area contributed by atoms with Crippen LogP contribution in [0.1, 0.15) is 36.4 Å². The Kier molecular flexibility index (Phi) is 7.31. The first-order valence-corrected chi connectivity index (χ1v) is 9.19. The molecule has 1 heterocycles. The number of hydrogen-bond donors (Lipinski definition) is 2. The second-order valence-corrected chi connectivity index (χ2v) is 6.37. The summed E-state index contributed by atoms with van der Waals surface area (Å²) in [7, 11) is 3.80. The van der Waals surface area contributed by atoms with Gasteiger partial charge in [-0.3, -0.25) is 9.67 Å². The number of halogens is 1. The third-order valence-corrected chi connectivity index (χ3v) is 4.51. The van der Waals surface area contributed by atoms with Gasteiger partial charge < -0.3 is 10.6 Å². The van der Waals surface area contributed by atoms with Gasteiger partial charge in [-0.2, -0.15) is 5.10 Å². The average molecular weight is 362 g/mol. The lowest BCUT2D eigenvalue weighted by atomic mass is 10.1. The first-order valence-electron chi connectivity index (χ1n) is 8.81. The van der Waals surface area contributed by atoms with Crippen molar-refractivity contribution in [2.24, 2.45) is 12.0 Å². The van der Waals surface area contributed by atoms with Crippen LogP contribution in [-0.2, 0) is 32.9 Å². The van der Waals surface area contributed by atoms with E-state index in [0.29, 0.717) is 0 Å². The van der Waals surface area contributed by atoms with Crippen molar-refractivity contribution in [2.45, 2.75) is 39.7 Å². The van der Waals surface area contributed by atoms with E-state index in [-0.39, 0.29) is 0 Å². The van der Waals surface area contributed by atoms with E-state index in [0.717, 1.165) is 49.0 Å². The summed E-state index contributed by atoms with van der Waals surface area (Å²) in [6.07, 6.45) is 2.81. The van der Waals surface area contributed by atoms with Crippen molar-refractivity contribution in [2.75, 3.05) is 13.6 Å². The SMILES string of the molecule is CCc1nn(C)c(CC)c1CNC(=NC)NCCc1cccc(Cl)c1. The molecule has 0 radical (unpaired) electrons. The molecule has 0 bridgehead atoms. The molecule has 0 aliphatic carbocycles. The number of benzene rings is 1. The normalized spacial score (nSPS) is 11.6. The smallest absolute Gasteiger partial charge is 0.191 e. The lowest BCUT2D eigenvalue weighted by Gasteiger charge is -2.13. The maximum absolute atomic E-state index is 6.03. The monoisotopic (exact) mass is 361 g/mol. The topological polar surface area (TPSA) is 54.2 Å². The van der Waals surface area contributed by atoms with Gasteiger partial charge in [0, 0.05) is 43.5 Å². The Labute approximate surface area is 155 Å². The molecular weight excluding hydrogens is 334 g/mol. The molecule has 2 N–H and O–H groups in total. The molecule has 0 unspecified atom stereocenters. The van der Waals surface area contributed by atoms with E-state index in [1.54, 1.807) is 7.05 Å². The van der Waals surface area contributed by atoms with E-state index in [9.17, 15) is 0 Å². The molecule has 136 valence electrons. The second-order valence-electron chi connectivity index (χ2n) is 5.94. The van der Waals surface area contributed by atoms with E-state index in [1.807, 2.05) is 29.9 Å². The second kappa shape index (κ2) is 9.47. The molecule has 0 atom stereocenters. The van der Waals surface area contributed by atoms with Crippen molar-refractivity contribution in [1.29, 1.82) is 0 Å². The fourth-order valence-electron chi connectivity index (χ4n) is 3.00. The van der Waals surface area contributed by atoms with E-state index in [2.05, 4.69) is 40.6 Å². The van der Waals surface area contributed by atoms with Gasteiger partial charge >= 0.3 is 0 Å². The van der Waals surface area contributed by atoms with Gasteiger partial charge in [0.1, 0.15) is 0 Å². The zero-order chi connectivity index (χ0) is 18.2. The van der Waals surface area contributed by atoms with E-state index in [4.69, 9.17) is 11.6 Å². The van der Waals surface area contributed by atoms with Crippen molar-refractivity contribution in [3.8, 4) is 0 Å². The maximum atomic E-state index is 6.03. The summed E-state index contributed by atoms with van der Waals surface area (Å²) < 4.78 is 1.99. The Morgan fingerprint density at radius 2 is 2.04 bits per heavy atom. The van der Waals surface area contributed by atoms with Crippen LogP contribution in [0, 0.1) is 0 Å². The zero-order valence-electron chi connectivity index (χ0n) is 15.6. The van der Waals surface area contributed by atoms with Crippen molar-refractivity contribution in [3.05, 3.63) is 51.8 Å². The predicted octanol–water partition coefficient (Wildman–Crippen LogP) is 3.11. The summed E-state index contributed by atoms with van der Waals surface area (Å²) in [5.74, 6) is 0.801. The van der Waals surface area contributed by atoms with Crippen molar-refractivity contribution in [1.82, 2.24) is 20.4 Å². The van der Waals surface area contributed by atoms with Crippen molar-refractivity contribution in [3.63, 3.8) is 0 Å². The Morgan fingerprint density at radius 1 is 1.24 bits per heavy atom. The Hall–Kier alpha value is -2.01. The molecule has 0 saturated carbocycles. The van der Waals surface area contributed by atoms with Gasteiger partial charge in [0.2, 0.25) is 0 Å². The highest BCUT2D eigenvalue weighted by Crippen LogP contribution is 2.15. The minimum atomic E-state index is 0.733. The third-order valence-electron chi connectivity index (χ3n) is 4.28. The summed E-state index contributed by atoms with van der Waals surface area (Å²) in [5, 5.41) is 12.2. The van der Waals surface area contributed by atoms with Crippen molar-refractivity contribution < 1.29 is 0 Å². The molecular formula is C19H28ClN5. The minimum Gasteiger partial charge on any atom is -0.356 e. The fourth-order valence-corrected chi connectivity index (χ4v) is 3.22. The van der Waals surface area contributed by atoms with Crippen LogP contribution in [0.5, 0.6) is 0 Å². The van der Waals surface area contributed by atoms with Gasteiger partial charge in [-0.15, -0.1) is 0 Å². The molecule has 0 aliphatic heterocycles. The molecule has 1 aromatic heterocycles. The number of aliphatic imine (C=N–C) groups is 1. The molecule has 1 aromatic carbocycles. The van der Waals surface area contributed by atoms with E-state index >= 15 is 0 Å². The zero-order valence-corrected chi connectivity index (χ0v) is 16.3. The average Bonchev–Trinajstić information content (AvgIpc) is 2.92. The summed E-state index contributed by atoms with van der Waals surface area (Å²) in [6.45, 7) is 5.84.